The molecule has 0 aliphatic heterocycles. The number of nitrogens with zero attached hydrogens (tertiary/aromatic N) is 12. The molecule has 4 amide bonds. The molecular formula is C96H108N20O4. The SMILES string of the molecule is Cc1ccc(NC(=O)C2CCC[C@@H](C)C2)cc1Nc1ncccc1-c1ccncn1.Cc1ccc(NC(=O)C2CCC[C@@H](C)C2)cc1Nc1ncccc1-c1ccncn1.Cc1ccc(NC(=O)C2CCC[C@H](C)C2)cc1Nc1ncccc1-c1ccncn1.Cc1ccc(NC(=O)C2CCC[C@H](C)C2)cc1Nc1ncccc1-c1ccncn1. The van der Waals surface area contributed by atoms with Gasteiger partial charge in [0, 0.05) is 141 Å². The van der Waals surface area contributed by atoms with E-state index in [1.165, 1.54) is 51.0 Å². The Kier molecular flexibility index (Phi) is 29.5. The van der Waals surface area contributed by atoms with E-state index in [-0.39, 0.29) is 47.3 Å². The fourth-order valence-electron chi connectivity index (χ4n) is 16.2. The fourth-order valence-corrected chi connectivity index (χ4v) is 16.2. The predicted molar refractivity (Wildman–Crippen MR) is 478 cm³/mol. The molecule has 0 spiro atoms. The number of benzene rings is 4. The van der Waals surface area contributed by atoms with Gasteiger partial charge >= 0.3 is 0 Å². The first kappa shape index (κ1) is 84.8. The molecule has 16 rings (SSSR count). The number of rotatable bonds is 20. The Labute approximate surface area is 703 Å². The molecule has 4 saturated carbocycles. The Hall–Kier alpha value is -13.1. The Morgan fingerprint density at radius 3 is 0.700 bits per heavy atom. The third kappa shape index (κ3) is 23.6. The number of hydrogen-bond acceptors (Lipinski definition) is 20. The highest BCUT2D eigenvalue weighted by molar-refractivity contribution is 5.96. The third-order valence-electron chi connectivity index (χ3n) is 22.9. The Bertz CT molecular complexity index is 4750. The van der Waals surface area contributed by atoms with Crippen molar-refractivity contribution in [2.45, 2.75) is 158 Å². The summed E-state index contributed by atoms with van der Waals surface area (Å²) >= 11 is 0. The topological polar surface area (TPSA) is 319 Å². The van der Waals surface area contributed by atoms with Crippen LogP contribution in [0.4, 0.5) is 68.8 Å². The molecule has 4 aromatic carbocycles. The van der Waals surface area contributed by atoms with Crippen LogP contribution in [0, 0.1) is 75.0 Å². The van der Waals surface area contributed by atoms with E-state index in [9.17, 15) is 19.2 Å². The Morgan fingerprint density at radius 1 is 0.275 bits per heavy atom. The van der Waals surface area contributed by atoms with E-state index < -0.39 is 0 Å². The second-order valence-electron chi connectivity index (χ2n) is 32.4. The van der Waals surface area contributed by atoms with E-state index in [0.29, 0.717) is 46.9 Å². The highest BCUT2D eigenvalue weighted by atomic mass is 16.2. The summed E-state index contributed by atoms with van der Waals surface area (Å²) in [7, 11) is 0. The number of anilines is 12. The molecule has 8 heterocycles. The number of amides is 4. The van der Waals surface area contributed by atoms with Crippen LogP contribution in [0.2, 0.25) is 0 Å². The van der Waals surface area contributed by atoms with Gasteiger partial charge in [-0.05, 0) is 246 Å². The summed E-state index contributed by atoms with van der Waals surface area (Å²) in [6.45, 7) is 17.1. The molecule has 0 saturated heterocycles. The molecule has 0 radical (unpaired) electrons. The minimum absolute atomic E-state index is 0.103. The summed E-state index contributed by atoms with van der Waals surface area (Å²) in [5.74, 6) is 6.22. The molecule has 616 valence electrons. The van der Waals surface area contributed by atoms with Crippen LogP contribution in [0.15, 0.2) is 220 Å². The molecule has 4 unspecified atom stereocenters. The van der Waals surface area contributed by atoms with Crippen LogP contribution in [0.1, 0.15) is 153 Å². The number of carbonyl (C=O) groups excluding carboxylic acids is 4. The lowest BCUT2D eigenvalue weighted by Crippen LogP contribution is -2.27. The number of pyridine rings is 4. The van der Waals surface area contributed by atoms with Gasteiger partial charge in [-0.1, -0.05) is 103 Å². The zero-order valence-electron chi connectivity index (χ0n) is 69.7. The molecule has 4 aliphatic carbocycles. The van der Waals surface area contributed by atoms with Crippen LogP contribution >= 0.6 is 0 Å². The average Bonchev–Trinajstić information content (AvgIpc) is 0.830. The largest absolute Gasteiger partial charge is 0.339 e. The molecule has 24 heteroatoms. The van der Waals surface area contributed by atoms with Crippen molar-refractivity contribution in [1.29, 1.82) is 0 Å². The number of nitrogens with one attached hydrogen (secondary N) is 8. The summed E-state index contributed by atoms with van der Waals surface area (Å²) < 4.78 is 0. The lowest BCUT2D eigenvalue weighted by molar-refractivity contribution is -0.122. The number of carbonyl (C=O) groups is 4. The van der Waals surface area contributed by atoms with E-state index in [0.717, 1.165) is 190 Å². The molecular weight excluding hydrogens is 1500 g/mol. The van der Waals surface area contributed by atoms with Crippen molar-refractivity contribution in [3.05, 3.63) is 243 Å². The van der Waals surface area contributed by atoms with Crippen LogP contribution < -0.4 is 42.5 Å². The summed E-state index contributed by atoms with van der Waals surface area (Å²) in [4.78, 5) is 102. The van der Waals surface area contributed by atoms with Crippen LogP contribution in [-0.4, -0.2) is 83.4 Å². The monoisotopic (exact) mass is 1600 g/mol. The molecule has 12 aromatic rings. The van der Waals surface area contributed by atoms with Crippen molar-refractivity contribution in [1.82, 2.24) is 59.8 Å². The van der Waals surface area contributed by atoms with Crippen molar-refractivity contribution in [3.63, 3.8) is 0 Å². The van der Waals surface area contributed by atoms with Crippen LogP contribution in [0.25, 0.3) is 45.0 Å². The third-order valence-corrected chi connectivity index (χ3v) is 22.9. The molecule has 4 aliphatic rings. The van der Waals surface area contributed by atoms with E-state index in [1.807, 2.05) is 173 Å². The maximum absolute atomic E-state index is 12.7. The van der Waals surface area contributed by atoms with Crippen molar-refractivity contribution in [3.8, 4) is 45.0 Å². The molecule has 8 aromatic heterocycles. The maximum atomic E-state index is 12.7. The normalized spacial score (nSPS) is 18.6. The van der Waals surface area contributed by atoms with Crippen molar-refractivity contribution in [2.75, 3.05) is 42.5 Å². The quantitative estimate of drug-likeness (QED) is 0.0351. The van der Waals surface area contributed by atoms with Gasteiger partial charge in [0.15, 0.2) is 0 Å². The van der Waals surface area contributed by atoms with Gasteiger partial charge in [0.05, 0.1) is 22.8 Å². The molecule has 0 bridgehead atoms. The van der Waals surface area contributed by atoms with Gasteiger partial charge in [0.1, 0.15) is 48.6 Å². The van der Waals surface area contributed by atoms with Crippen molar-refractivity contribution in [2.24, 2.45) is 47.3 Å². The lowest BCUT2D eigenvalue weighted by Gasteiger charge is -2.25. The summed E-state index contributed by atoms with van der Waals surface area (Å²) in [5.41, 5.74) is 17.8. The van der Waals surface area contributed by atoms with Crippen molar-refractivity contribution >= 4 is 92.4 Å². The summed E-state index contributed by atoms with van der Waals surface area (Å²) in [6, 6.07) is 46.6. The van der Waals surface area contributed by atoms with E-state index in [1.54, 1.807) is 49.6 Å². The molecule has 4 fully saturated rings. The number of aromatic nitrogens is 12. The molecule has 8 N–H and O–H groups in total. The van der Waals surface area contributed by atoms with Gasteiger partial charge in [-0.3, -0.25) is 19.2 Å². The van der Waals surface area contributed by atoms with Crippen molar-refractivity contribution < 1.29 is 19.2 Å². The molecule has 24 nitrogen and oxygen atoms in total. The van der Waals surface area contributed by atoms with Gasteiger partial charge in [0.2, 0.25) is 23.6 Å². The predicted octanol–water partition coefficient (Wildman–Crippen LogP) is 21.4. The lowest BCUT2D eigenvalue weighted by atomic mass is 9.82. The van der Waals surface area contributed by atoms with E-state index in [2.05, 4.69) is 130 Å². The number of aryl methyl sites for hydroxylation is 4. The Morgan fingerprint density at radius 2 is 0.500 bits per heavy atom. The van der Waals surface area contributed by atoms with Gasteiger partial charge in [-0.2, -0.15) is 0 Å². The Balaban J connectivity index is 0.000000138. The fraction of sp³-hybridized carbons (Fsp3) is 0.333. The van der Waals surface area contributed by atoms with Gasteiger partial charge in [0.25, 0.3) is 0 Å². The average molecular weight is 1610 g/mol. The van der Waals surface area contributed by atoms with Gasteiger partial charge in [-0.15, -0.1) is 0 Å². The van der Waals surface area contributed by atoms with E-state index >= 15 is 0 Å². The zero-order chi connectivity index (χ0) is 83.7. The maximum Gasteiger partial charge on any atom is 0.227 e. The number of hydrogen-bond donors (Lipinski definition) is 8. The molecule has 120 heavy (non-hydrogen) atoms. The highest BCUT2D eigenvalue weighted by Gasteiger charge is 2.30. The van der Waals surface area contributed by atoms with Crippen LogP contribution in [-0.2, 0) is 19.2 Å². The highest BCUT2D eigenvalue weighted by Crippen LogP contribution is 2.39. The molecule has 8 atom stereocenters. The zero-order valence-corrected chi connectivity index (χ0v) is 69.7. The summed E-state index contributed by atoms with van der Waals surface area (Å²) in [5, 5.41) is 26.1. The first-order chi connectivity index (χ1) is 58.4. The second kappa shape index (κ2) is 41.8. The smallest absolute Gasteiger partial charge is 0.227 e. The van der Waals surface area contributed by atoms with Gasteiger partial charge < -0.3 is 42.5 Å². The van der Waals surface area contributed by atoms with Crippen LogP contribution in [0.5, 0.6) is 0 Å². The first-order valence-electron chi connectivity index (χ1n) is 42.0. The first-order valence-corrected chi connectivity index (χ1v) is 42.0. The standard InChI is InChI=1S/4C24H27N5O/c4*1-16-5-3-6-18(13-16)24(30)28-19-9-8-17(2)22(14-19)29-23-20(7-4-11-26-23)21-10-12-25-15-27-21/h4*4,7-12,14-16,18H,3,5-6,13H2,1-2H3,(H,26,29)(H,28,30)/t4*16-,18?/m1100/s1. The minimum atomic E-state index is 0.103. The van der Waals surface area contributed by atoms with Gasteiger partial charge in [-0.25, -0.2) is 59.8 Å². The second-order valence-corrected chi connectivity index (χ2v) is 32.4. The van der Waals surface area contributed by atoms with E-state index in [4.69, 9.17) is 0 Å². The van der Waals surface area contributed by atoms with Crippen LogP contribution in [0.3, 0.4) is 0 Å². The summed E-state index contributed by atoms with van der Waals surface area (Å²) in [6.07, 6.45) is 37.2. The minimum Gasteiger partial charge on any atom is -0.339 e.